The summed E-state index contributed by atoms with van der Waals surface area (Å²) in [4.78, 5) is 1.26. The van der Waals surface area contributed by atoms with Gasteiger partial charge in [0.25, 0.3) is 15.7 Å². The fraction of sp³-hybridized carbons (Fsp3) is 0.375. The van der Waals surface area contributed by atoms with Crippen LogP contribution in [0.25, 0.3) is 17.2 Å². The highest BCUT2D eigenvalue weighted by molar-refractivity contribution is 7.92. The third kappa shape index (κ3) is 4.75. The smallest absolute Gasteiger partial charge is 0.465 e. The molecule has 2 aromatic heterocycles. The Morgan fingerprint density at radius 1 is 1.18 bits per heavy atom. The van der Waals surface area contributed by atoms with E-state index in [-0.39, 0.29) is 11.7 Å². The van der Waals surface area contributed by atoms with E-state index in [1.165, 1.54) is 0 Å². The van der Waals surface area contributed by atoms with Crippen LogP contribution in [0, 0.1) is 5.92 Å². The van der Waals surface area contributed by atoms with Crippen LogP contribution in [0.15, 0.2) is 17.0 Å². The number of anilines is 1. The Kier molecular flexibility index (Phi) is 6.74. The lowest BCUT2D eigenvalue weighted by molar-refractivity contribution is -0.302. The van der Waals surface area contributed by atoms with Crippen molar-refractivity contribution in [1.82, 2.24) is 19.9 Å². The first-order valence-corrected chi connectivity index (χ1v) is 11.6. The second-order valence-electron chi connectivity index (χ2n) is 7.63. The Labute approximate surface area is 198 Å². The zero-order valence-corrected chi connectivity index (χ0v) is 19.5. The molecule has 3 rings (SSSR count). The lowest BCUT2D eigenvalue weighted by atomic mass is 9.79. The van der Waals surface area contributed by atoms with Crippen molar-refractivity contribution in [1.29, 1.82) is 0 Å². The highest BCUT2D eigenvalue weighted by Crippen LogP contribution is 2.42. The Morgan fingerprint density at radius 3 is 2.21 bits per heavy atom. The maximum Gasteiger partial charge on any atom is 0.502 e. The van der Waals surface area contributed by atoms with E-state index in [9.17, 15) is 34.8 Å². The summed E-state index contributed by atoms with van der Waals surface area (Å²) < 4.78 is 105. The number of benzene rings is 1. The van der Waals surface area contributed by atoms with Crippen molar-refractivity contribution < 1.29 is 39.7 Å². The molecule has 0 bridgehead atoms. The van der Waals surface area contributed by atoms with Gasteiger partial charge in [0, 0.05) is 0 Å². The Balaban J connectivity index is 2.33. The number of nitrogens with one attached hydrogen (secondary N) is 2. The van der Waals surface area contributed by atoms with Crippen LogP contribution in [0.1, 0.15) is 19.4 Å². The van der Waals surface area contributed by atoms with Gasteiger partial charge in [-0.2, -0.15) is 31.4 Å². The van der Waals surface area contributed by atoms with Crippen LogP contribution < -0.4 is 10.6 Å². The van der Waals surface area contributed by atoms with Gasteiger partial charge in [-0.1, -0.05) is 43.0 Å². The quantitative estimate of drug-likeness (QED) is 0.466. The number of hydrogen-bond donors (Lipinski definition) is 2. The molecule has 0 saturated carbocycles. The van der Waals surface area contributed by atoms with Crippen molar-refractivity contribution in [3.8, 4) is 17.2 Å². The van der Waals surface area contributed by atoms with Crippen LogP contribution in [0.4, 0.5) is 32.2 Å². The average molecular weight is 551 g/mol. The first-order valence-electron chi connectivity index (χ1n) is 9.31. The summed E-state index contributed by atoms with van der Waals surface area (Å²) in [5, 5.41) is 8.84. The molecule has 0 aliphatic heterocycles. The minimum Gasteiger partial charge on any atom is -0.465 e. The molecule has 186 valence electrons. The number of halogens is 8. The van der Waals surface area contributed by atoms with Crippen molar-refractivity contribution in [2.45, 2.75) is 36.7 Å². The van der Waals surface area contributed by atoms with Crippen molar-refractivity contribution in [3.05, 3.63) is 27.7 Å². The molecule has 0 amide bonds. The zero-order valence-electron chi connectivity index (χ0n) is 17.2. The predicted octanol–water partition coefficient (Wildman–Crippen LogP) is 3.96. The Morgan fingerprint density at radius 2 is 1.74 bits per heavy atom. The number of nitrogens with zero attached hydrogens (tertiary/aromatic N) is 3. The lowest BCUT2D eigenvalue weighted by Gasteiger charge is -2.13. The molecule has 0 atom stereocenters. The number of rotatable bonds is 5. The first-order chi connectivity index (χ1) is 15.4. The topological polar surface area (TPSA) is 121 Å². The van der Waals surface area contributed by atoms with Gasteiger partial charge in [0.05, 0.1) is 15.6 Å². The highest BCUT2D eigenvalue weighted by atomic mass is 35.5. The van der Waals surface area contributed by atoms with Gasteiger partial charge >= 0.3 is 11.7 Å². The maximum atomic E-state index is 13.4. The van der Waals surface area contributed by atoms with Crippen molar-refractivity contribution in [3.63, 3.8) is 0 Å². The number of alkyl halides is 6. The Hall–Kier alpha value is -2.33. The third-order valence-electron chi connectivity index (χ3n) is 4.58. The van der Waals surface area contributed by atoms with E-state index in [2.05, 4.69) is 20.1 Å². The van der Waals surface area contributed by atoms with E-state index >= 15 is 0 Å². The van der Waals surface area contributed by atoms with E-state index in [0.29, 0.717) is 23.1 Å². The second kappa shape index (κ2) is 8.71. The molecule has 0 aliphatic carbocycles. The fourth-order valence-corrected chi connectivity index (χ4v) is 4.76. The van der Waals surface area contributed by atoms with E-state index in [0.717, 1.165) is 0 Å². The van der Waals surface area contributed by atoms with Gasteiger partial charge in [0.1, 0.15) is 11.5 Å². The normalized spacial score (nSPS) is 13.1. The summed E-state index contributed by atoms with van der Waals surface area (Å²) in [5.41, 5.74) is -2.65. The minimum absolute atomic E-state index is 0.130. The van der Waals surface area contributed by atoms with Crippen LogP contribution in [0.2, 0.25) is 10.0 Å². The molecular weight excluding hydrogens is 536 g/mol. The number of nitrogens with two attached hydrogens (primary N) is 1. The van der Waals surface area contributed by atoms with Crippen LogP contribution in [0.5, 0.6) is 0 Å². The van der Waals surface area contributed by atoms with Crippen LogP contribution >= 0.6 is 23.2 Å². The van der Waals surface area contributed by atoms with E-state index in [1.807, 2.05) is 13.8 Å². The molecule has 0 saturated heterocycles. The van der Waals surface area contributed by atoms with Crippen molar-refractivity contribution >= 4 is 45.5 Å². The third-order valence-corrected chi connectivity index (χ3v) is 6.71. The lowest BCUT2D eigenvalue weighted by Crippen LogP contribution is -2.27. The summed E-state index contributed by atoms with van der Waals surface area (Å²) in [6, 6.07) is 0.903. The van der Waals surface area contributed by atoms with Gasteiger partial charge in [0.2, 0.25) is 6.63 Å². The van der Waals surface area contributed by atoms with Crippen molar-refractivity contribution in [2.24, 2.45) is 5.92 Å². The van der Waals surface area contributed by atoms with Gasteiger partial charge < -0.3 is 15.6 Å². The summed E-state index contributed by atoms with van der Waals surface area (Å²) in [6.07, 6.45) is -4.38. The number of H-pyrrole nitrogens is 2. The predicted molar refractivity (Wildman–Crippen MR) is 111 cm³/mol. The molecule has 0 spiro atoms. The molecule has 2 heterocycles. The van der Waals surface area contributed by atoms with Gasteiger partial charge in [-0.05, 0) is 17.2 Å². The molecule has 8 nitrogen and oxygen atoms in total. The molecule has 0 unspecified atom stereocenters. The number of sulfone groups is 1. The summed E-state index contributed by atoms with van der Waals surface area (Å²) in [5.74, 6) is -1.32. The molecular formula is C16H15BCl2F6N6O2S. The molecule has 1 aromatic carbocycles. The van der Waals surface area contributed by atoms with Gasteiger partial charge in [-0.15, -0.1) is 6.32 Å². The zero-order chi connectivity index (χ0) is 25.8. The second-order valence-corrected chi connectivity index (χ2v) is 10.3. The monoisotopic (exact) mass is 550 g/mol. The number of aromatic nitrogens is 5. The maximum absolute atomic E-state index is 13.4. The molecule has 4 N–H and O–H groups in total. The molecule has 0 radical (unpaired) electrons. The van der Waals surface area contributed by atoms with Crippen LogP contribution in [-0.4, -0.2) is 40.4 Å². The number of aromatic amines is 2. The number of hydrogen-bond acceptors (Lipinski definition) is 5. The largest absolute Gasteiger partial charge is 0.502 e. The SMILES string of the molecule is CC(C)C[b-]1[nH]nc(-c2nn(-c3c(Cl)cc(C(F)(F)F)cc3Cl)c(N)c2S(=O)(=O)C(F)(F)F)[nH+]1. The fourth-order valence-electron chi connectivity index (χ4n) is 3.13. The van der Waals surface area contributed by atoms with E-state index in [4.69, 9.17) is 28.9 Å². The molecule has 34 heavy (non-hydrogen) atoms. The van der Waals surface area contributed by atoms with Gasteiger partial charge in [-0.3, -0.25) is 0 Å². The van der Waals surface area contributed by atoms with Crippen molar-refractivity contribution in [2.75, 3.05) is 5.73 Å². The minimum atomic E-state index is -6.08. The number of nitrogen functional groups attached to an aromatic ring is 1. The van der Waals surface area contributed by atoms with Crippen LogP contribution in [0.3, 0.4) is 0 Å². The molecule has 3 aromatic rings. The van der Waals surface area contributed by atoms with Gasteiger partial charge in [-0.25, -0.2) is 13.1 Å². The summed E-state index contributed by atoms with van der Waals surface area (Å²) in [6.45, 7) is 3.17. The average Bonchev–Trinajstić information content (AvgIpc) is 3.24. The highest BCUT2D eigenvalue weighted by Gasteiger charge is 2.51. The summed E-state index contributed by atoms with van der Waals surface area (Å²) >= 11 is 11.8. The molecule has 0 fully saturated rings. The van der Waals surface area contributed by atoms with Gasteiger partial charge in [0.15, 0.2) is 10.6 Å². The van der Waals surface area contributed by atoms with Crippen LogP contribution in [-0.2, 0) is 22.3 Å². The Bertz CT molecular complexity index is 1330. The van der Waals surface area contributed by atoms with E-state index < -0.39 is 65.9 Å². The summed E-state index contributed by atoms with van der Waals surface area (Å²) in [7, 11) is -6.08. The standard InChI is InChI=1S/C16H15BCl2F6N6O2S/c1-6(2)5-17-27-14(28-30-17)10-12(34(32,33)16(23,24)25)13(26)31(29-10)11-8(18)3-7(4-9(11)19)15(20,21)22/h3-4,6,27,30H,5,26H2,1-2H3. The molecule has 0 aliphatic rings. The van der Waals surface area contributed by atoms with E-state index in [1.54, 1.807) is 0 Å². The molecule has 18 heteroatoms. The first kappa shape index (κ1) is 26.3.